The fraction of sp³-hybridized carbons (Fsp3) is 0.400. The molecule has 0 radical (unpaired) electrons. The highest BCUT2D eigenvalue weighted by Gasteiger charge is 2.19. The quantitative estimate of drug-likeness (QED) is 0.608. The molecular formula is C10H11F4N. The number of hydrogen-bond acceptors (Lipinski definition) is 1. The average molecular weight is 221 g/mol. The van der Waals surface area contributed by atoms with E-state index in [0.717, 1.165) is 0 Å². The van der Waals surface area contributed by atoms with Crippen LogP contribution in [0.25, 0.3) is 0 Å². The zero-order valence-corrected chi connectivity index (χ0v) is 8.37. The molecule has 1 nitrogen and oxygen atoms in total. The van der Waals surface area contributed by atoms with E-state index < -0.39 is 29.0 Å². The number of anilines is 1. The van der Waals surface area contributed by atoms with Gasteiger partial charge in [-0.15, -0.1) is 0 Å². The standard InChI is InChI=1S/C10H11F4N/c1-3-5(2)15-10-8(13)6(11)4-7(12)9(10)14/h4-5,15H,3H2,1-2H3. The van der Waals surface area contributed by atoms with Gasteiger partial charge in [0.1, 0.15) is 5.69 Å². The molecule has 0 saturated carbocycles. The third-order valence-corrected chi connectivity index (χ3v) is 2.11. The lowest BCUT2D eigenvalue weighted by Crippen LogP contribution is -2.17. The van der Waals surface area contributed by atoms with E-state index in [2.05, 4.69) is 5.32 Å². The molecular weight excluding hydrogens is 210 g/mol. The molecule has 1 N–H and O–H groups in total. The summed E-state index contributed by atoms with van der Waals surface area (Å²) in [6.45, 7) is 3.44. The van der Waals surface area contributed by atoms with Gasteiger partial charge in [0.25, 0.3) is 0 Å². The van der Waals surface area contributed by atoms with Crippen molar-refractivity contribution in [1.82, 2.24) is 0 Å². The van der Waals surface area contributed by atoms with Gasteiger partial charge in [-0.25, -0.2) is 17.6 Å². The van der Waals surface area contributed by atoms with Crippen molar-refractivity contribution in [2.24, 2.45) is 0 Å². The van der Waals surface area contributed by atoms with Crippen LogP contribution < -0.4 is 5.32 Å². The molecule has 5 heteroatoms. The van der Waals surface area contributed by atoms with Crippen LogP contribution in [0.1, 0.15) is 20.3 Å². The zero-order chi connectivity index (χ0) is 11.6. The van der Waals surface area contributed by atoms with Crippen LogP contribution in [0.5, 0.6) is 0 Å². The highest BCUT2D eigenvalue weighted by molar-refractivity contribution is 5.47. The van der Waals surface area contributed by atoms with Crippen LogP contribution in [0.15, 0.2) is 6.07 Å². The molecule has 1 rings (SSSR count). The van der Waals surface area contributed by atoms with Gasteiger partial charge in [0.05, 0.1) is 0 Å². The van der Waals surface area contributed by atoms with Crippen LogP contribution in [0.3, 0.4) is 0 Å². The maximum atomic E-state index is 13.1. The minimum Gasteiger partial charge on any atom is -0.378 e. The van der Waals surface area contributed by atoms with Gasteiger partial charge in [-0.2, -0.15) is 0 Å². The van der Waals surface area contributed by atoms with Crippen LogP contribution >= 0.6 is 0 Å². The minimum absolute atomic E-state index is 0.187. The van der Waals surface area contributed by atoms with Gasteiger partial charge in [-0.3, -0.25) is 0 Å². The molecule has 0 fully saturated rings. The van der Waals surface area contributed by atoms with Gasteiger partial charge in [0.15, 0.2) is 23.3 Å². The maximum absolute atomic E-state index is 13.1. The molecule has 1 unspecified atom stereocenters. The molecule has 0 heterocycles. The normalized spacial score (nSPS) is 12.7. The molecule has 1 aromatic rings. The van der Waals surface area contributed by atoms with Crippen LogP contribution in [0, 0.1) is 23.3 Å². The number of halogens is 4. The van der Waals surface area contributed by atoms with Gasteiger partial charge in [-0.1, -0.05) is 6.92 Å². The van der Waals surface area contributed by atoms with Crippen LogP contribution in [0.4, 0.5) is 23.2 Å². The van der Waals surface area contributed by atoms with E-state index in [1.807, 2.05) is 0 Å². The number of rotatable bonds is 3. The lowest BCUT2D eigenvalue weighted by molar-refractivity contribution is 0.456. The molecule has 0 amide bonds. The lowest BCUT2D eigenvalue weighted by atomic mass is 10.2. The second-order valence-corrected chi connectivity index (χ2v) is 3.30. The average Bonchev–Trinajstić information content (AvgIpc) is 2.21. The van der Waals surface area contributed by atoms with E-state index in [9.17, 15) is 17.6 Å². The van der Waals surface area contributed by atoms with Crippen molar-refractivity contribution in [2.75, 3.05) is 5.32 Å². The SMILES string of the molecule is CCC(C)Nc1c(F)c(F)cc(F)c1F. The number of benzene rings is 1. The second kappa shape index (κ2) is 4.51. The highest BCUT2D eigenvalue weighted by Crippen LogP contribution is 2.24. The summed E-state index contributed by atoms with van der Waals surface area (Å²) in [5.74, 6) is -5.59. The Kier molecular flexibility index (Phi) is 3.55. The third kappa shape index (κ3) is 2.40. The predicted octanol–water partition coefficient (Wildman–Crippen LogP) is 3.45. The molecule has 15 heavy (non-hydrogen) atoms. The molecule has 0 aliphatic rings. The number of hydrogen-bond donors (Lipinski definition) is 1. The maximum Gasteiger partial charge on any atom is 0.185 e. The smallest absolute Gasteiger partial charge is 0.185 e. The van der Waals surface area contributed by atoms with Crippen molar-refractivity contribution in [2.45, 2.75) is 26.3 Å². The fourth-order valence-corrected chi connectivity index (χ4v) is 1.05. The van der Waals surface area contributed by atoms with E-state index in [1.54, 1.807) is 13.8 Å². The predicted molar refractivity (Wildman–Crippen MR) is 49.6 cm³/mol. The first-order valence-corrected chi connectivity index (χ1v) is 4.56. The van der Waals surface area contributed by atoms with Gasteiger partial charge >= 0.3 is 0 Å². The van der Waals surface area contributed by atoms with E-state index in [1.165, 1.54) is 0 Å². The Balaban J connectivity index is 3.15. The molecule has 1 atom stereocenters. The second-order valence-electron chi connectivity index (χ2n) is 3.30. The van der Waals surface area contributed by atoms with Crippen molar-refractivity contribution in [3.8, 4) is 0 Å². The summed E-state index contributed by atoms with van der Waals surface area (Å²) < 4.78 is 51.7. The summed E-state index contributed by atoms with van der Waals surface area (Å²) >= 11 is 0. The summed E-state index contributed by atoms with van der Waals surface area (Å²) in [7, 11) is 0. The minimum atomic E-state index is -1.40. The summed E-state index contributed by atoms with van der Waals surface area (Å²) in [5, 5.41) is 2.38. The topological polar surface area (TPSA) is 12.0 Å². The van der Waals surface area contributed by atoms with Crippen molar-refractivity contribution in [1.29, 1.82) is 0 Å². The summed E-state index contributed by atoms with van der Waals surface area (Å²) in [6, 6.07) is -0.0814. The van der Waals surface area contributed by atoms with Gasteiger partial charge in [0.2, 0.25) is 0 Å². The van der Waals surface area contributed by atoms with Crippen molar-refractivity contribution in [3.05, 3.63) is 29.3 Å². The summed E-state index contributed by atoms with van der Waals surface area (Å²) in [6.07, 6.45) is 0.580. The first kappa shape index (κ1) is 11.8. The summed E-state index contributed by atoms with van der Waals surface area (Å²) in [4.78, 5) is 0. The molecule has 0 aromatic heterocycles. The molecule has 84 valence electrons. The Labute approximate surface area is 85.1 Å². The van der Waals surface area contributed by atoms with E-state index in [-0.39, 0.29) is 12.1 Å². The first-order valence-electron chi connectivity index (χ1n) is 4.56. The Morgan fingerprint density at radius 2 is 1.60 bits per heavy atom. The molecule has 0 aliphatic heterocycles. The fourth-order valence-electron chi connectivity index (χ4n) is 1.05. The summed E-state index contributed by atoms with van der Waals surface area (Å²) in [5.41, 5.74) is -0.748. The van der Waals surface area contributed by atoms with Crippen LogP contribution in [-0.2, 0) is 0 Å². The lowest BCUT2D eigenvalue weighted by Gasteiger charge is -2.14. The monoisotopic (exact) mass is 221 g/mol. The molecule has 1 aromatic carbocycles. The van der Waals surface area contributed by atoms with Gasteiger partial charge in [-0.05, 0) is 13.3 Å². The first-order chi connectivity index (χ1) is 6.97. The van der Waals surface area contributed by atoms with E-state index in [4.69, 9.17) is 0 Å². The molecule has 0 spiro atoms. The third-order valence-electron chi connectivity index (χ3n) is 2.11. The van der Waals surface area contributed by atoms with E-state index >= 15 is 0 Å². The van der Waals surface area contributed by atoms with Gasteiger partial charge in [0, 0.05) is 12.1 Å². The van der Waals surface area contributed by atoms with Gasteiger partial charge < -0.3 is 5.32 Å². The van der Waals surface area contributed by atoms with Crippen LogP contribution in [-0.4, -0.2) is 6.04 Å². The van der Waals surface area contributed by atoms with Crippen LogP contribution in [0.2, 0.25) is 0 Å². The highest BCUT2D eigenvalue weighted by atomic mass is 19.2. The Morgan fingerprint density at radius 3 is 2.00 bits per heavy atom. The Hall–Kier alpha value is -1.26. The van der Waals surface area contributed by atoms with Crippen molar-refractivity contribution < 1.29 is 17.6 Å². The zero-order valence-electron chi connectivity index (χ0n) is 8.37. The largest absolute Gasteiger partial charge is 0.378 e. The Morgan fingerprint density at radius 1 is 1.13 bits per heavy atom. The molecule has 0 aliphatic carbocycles. The molecule has 0 bridgehead atoms. The van der Waals surface area contributed by atoms with Crippen molar-refractivity contribution >= 4 is 5.69 Å². The van der Waals surface area contributed by atoms with Crippen molar-refractivity contribution in [3.63, 3.8) is 0 Å². The number of nitrogens with one attached hydrogen (secondary N) is 1. The molecule has 0 saturated heterocycles. The van der Waals surface area contributed by atoms with E-state index in [0.29, 0.717) is 6.42 Å². The Bertz CT molecular complexity index is 339.